The van der Waals surface area contributed by atoms with Gasteiger partial charge in [-0.1, -0.05) is 30.3 Å². The highest BCUT2D eigenvalue weighted by Crippen LogP contribution is 2.42. The number of halogens is 1. The van der Waals surface area contributed by atoms with Crippen molar-refractivity contribution in [2.24, 2.45) is 0 Å². The predicted octanol–water partition coefficient (Wildman–Crippen LogP) is 0.179. The minimum Gasteiger partial charge on any atom is -1.00 e. The van der Waals surface area contributed by atoms with Crippen molar-refractivity contribution in [3.63, 3.8) is 0 Å². The molecular formula is C19H27IN2O2. The van der Waals surface area contributed by atoms with E-state index in [0.717, 1.165) is 62.6 Å². The van der Waals surface area contributed by atoms with E-state index >= 15 is 0 Å². The normalized spacial score (nSPS) is 33.0. The Hall–Kier alpha value is -0.820. The predicted molar refractivity (Wildman–Crippen MR) is 89.0 cm³/mol. The first-order chi connectivity index (χ1) is 11.0. The number of fused-ring (bicyclic) bond motifs is 3. The van der Waals surface area contributed by atoms with E-state index in [1.807, 2.05) is 18.2 Å². The van der Waals surface area contributed by atoms with Gasteiger partial charge in [-0.15, -0.1) is 0 Å². The molecule has 0 aromatic heterocycles. The molecule has 24 heavy (non-hydrogen) atoms. The average molecular weight is 442 g/mol. The van der Waals surface area contributed by atoms with Crippen LogP contribution in [0.5, 0.6) is 0 Å². The highest BCUT2D eigenvalue weighted by Gasteiger charge is 2.50. The van der Waals surface area contributed by atoms with Gasteiger partial charge in [-0.3, -0.25) is 0 Å². The lowest BCUT2D eigenvalue weighted by molar-refractivity contribution is -0.926. The number of nitrogens with zero attached hydrogens (tertiary/aromatic N) is 1. The standard InChI is InChI=1S/C19H26N2O2.HI/c1-21-13-10-18(11-14-21,12-15-21)23-17(22)20-19(8-5-9-19)16-6-3-2-4-7-16;/h2-4,6-7H,5,8-15H2,1H3;1H. The molecule has 1 saturated carbocycles. The lowest BCUT2D eigenvalue weighted by atomic mass is 9.72. The molecule has 4 nitrogen and oxygen atoms in total. The number of hydrogen-bond acceptors (Lipinski definition) is 2. The maximum absolute atomic E-state index is 12.6. The Balaban J connectivity index is 0.00000169. The SMILES string of the molecule is C[N+]12CCC(OC(=O)NC3(c4ccccc4)CCC3)(CC1)CC2.[I-]. The molecule has 132 valence electrons. The molecule has 1 amide bonds. The van der Waals surface area contributed by atoms with E-state index in [9.17, 15) is 4.79 Å². The van der Waals surface area contributed by atoms with Crippen LogP contribution in [0.2, 0.25) is 0 Å². The second-order valence-corrected chi connectivity index (χ2v) is 8.04. The molecule has 1 N–H and O–H groups in total. The summed E-state index contributed by atoms with van der Waals surface area (Å²) in [4.78, 5) is 12.6. The number of amides is 1. The highest BCUT2D eigenvalue weighted by atomic mass is 127. The summed E-state index contributed by atoms with van der Waals surface area (Å²) in [5.41, 5.74) is 0.794. The summed E-state index contributed by atoms with van der Waals surface area (Å²) < 4.78 is 7.16. The van der Waals surface area contributed by atoms with E-state index in [-0.39, 0.29) is 41.2 Å². The van der Waals surface area contributed by atoms with Crippen molar-refractivity contribution >= 4 is 6.09 Å². The van der Waals surface area contributed by atoms with Gasteiger partial charge >= 0.3 is 6.09 Å². The zero-order valence-electron chi connectivity index (χ0n) is 14.4. The van der Waals surface area contributed by atoms with Crippen LogP contribution in [-0.2, 0) is 10.3 Å². The molecule has 1 aromatic rings. The van der Waals surface area contributed by atoms with Gasteiger partial charge < -0.3 is 38.5 Å². The fraction of sp³-hybridized carbons (Fsp3) is 0.632. The number of alkyl carbamates (subject to hydrolysis) is 1. The zero-order valence-corrected chi connectivity index (χ0v) is 16.5. The summed E-state index contributed by atoms with van der Waals surface area (Å²) in [6.07, 6.45) is 5.99. The molecule has 5 rings (SSSR count). The van der Waals surface area contributed by atoms with Crippen LogP contribution in [-0.4, -0.2) is 42.9 Å². The van der Waals surface area contributed by atoms with Crippen molar-refractivity contribution in [3.05, 3.63) is 35.9 Å². The average Bonchev–Trinajstić information content (AvgIpc) is 2.53. The van der Waals surface area contributed by atoms with Gasteiger partial charge in [0.25, 0.3) is 0 Å². The Morgan fingerprint density at radius 2 is 1.62 bits per heavy atom. The second-order valence-electron chi connectivity index (χ2n) is 8.04. The lowest BCUT2D eigenvalue weighted by Gasteiger charge is -2.52. The summed E-state index contributed by atoms with van der Waals surface area (Å²) >= 11 is 0. The Labute approximate surface area is 161 Å². The first-order valence-electron chi connectivity index (χ1n) is 8.94. The largest absolute Gasteiger partial charge is 1.00 e. The van der Waals surface area contributed by atoms with Crippen LogP contribution in [0.25, 0.3) is 0 Å². The molecule has 0 radical (unpaired) electrons. The molecule has 3 saturated heterocycles. The summed E-state index contributed by atoms with van der Waals surface area (Å²) in [7, 11) is 2.32. The number of nitrogens with one attached hydrogen (secondary N) is 1. The van der Waals surface area contributed by atoms with Crippen molar-refractivity contribution in [2.75, 3.05) is 26.7 Å². The number of ether oxygens (including phenoxy) is 1. The monoisotopic (exact) mass is 442 g/mol. The van der Waals surface area contributed by atoms with Crippen LogP contribution in [0.15, 0.2) is 30.3 Å². The second kappa shape index (κ2) is 6.48. The number of hydrogen-bond donors (Lipinski definition) is 1. The summed E-state index contributed by atoms with van der Waals surface area (Å²) in [6, 6.07) is 10.3. The number of piperidine rings is 3. The molecule has 0 unspecified atom stereocenters. The van der Waals surface area contributed by atoms with Crippen molar-refractivity contribution in [1.82, 2.24) is 5.32 Å². The van der Waals surface area contributed by atoms with E-state index in [0.29, 0.717) is 0 Å². The molecule has 0 atom stereocenters. The maximum atomic E-state index is 12.6. The van der Waals surface area contributed by atoms with Crippen LogP contribution >= 0.6 is 0 Å². The molecule has 1 aliphatic carbocycles. The number of rotatable bonds is 3. The van der Waals surface area contributed by atoms with Gasteiger partial charge in [0.2, 0.25) is 0 Å². The zero-order chi connectivity index (χ0) is 16.0. The third-order valence-corrected chi connectivity index (χ3v) is 6.51. The van der Waals surface area contributed by atoms with Gasteiger partial charge in [0.1, 0.15) is 5.60 Å². The van der Waals surface area contributed by atoms with Gasteiger partial charge in [-0.2, -0.15) is 0 Å². The van der Waals surface area contributed by atoms with Crippen LogP contribution < -0.4 is 29.3 Å². The van der Waals surface area contributed by atoms with E-state index in [2.05, 4.69) is 24.5 Å². The Morgan fingerprint density at radius 3 is 2.12 bits per heavy atom. The van der Waals surface area contributed by atoms with E-state index < -0.39 is 0 Å². The molecule has 1 aromatic carbocycles. The third-order valence-electron chi connectivity index (χ3n) is 6.51. The molecule has 4 aliphatic rings. The molecule has 4 fully saturated rings. The highest BCUT2D eigenvalue weighted by molar-refractivity contribution is 5.69. The number of carbonyl (C=O) groups excluding carboxylic acids is 1. The minimum atomic E-state index is -0.216. The van der Waals surface area contributed by atoms with Crippen molar-refractivity contribution in [2.45, 2.75) is 49.7 Å². The number of carbonyl (C=O) groups is 1. The number of benzene rings is 1. The van der Waals surface area contributed by atoms with E-state index in [1.54, 1.807) is 0 Å². The van der Waals surface area contributed by atoms with Gasteiger partial charge in [0, 0.05) is 19.3 Å². The molecule has 0 spiro atoms. The van der Waals surface area contributed by atoms with Crippen LogP contribution in [0, 0.1) is 0 Å². The van der Waals surface area contributed by atoms with Crippen molar-refractivity contribution in [1.29, 1.82) is 0 Å². The first kappa shape index (κ1) is 18.0. The van der Waals surface area contributed by atoms with Crippen LogP contribution in [0.1, 0.15) is 44.1 Å². The maximum Gasteiger partial charge on any atom is 0.408 e. The summed E-state index contributed by atoms with van der Waals surface area (Å²) in [5.74, 6) is 0. The smallest absolute Gasteiger partial charge is 0.408 e. The molecule has 3 heterocycles. The Bertz CT molecular complexity index is 576. The molecule has 2 bridgehead atoms. The van der Waals surface area contributed by atoms with E-state index in [4.69, 9.17) is 4.74 Å². The van der Waals surface area contributed by atoms with Crippen molar-refractivity contribution in [3.8, 4) is 0 Å². The fourth-order valence-electron chi connectivity index (χ4n) is 4.48. The summed E-state index contributed by atoms with van der Waals surface area (Å²) in [6.45, 7) is 3.41. The lowest BCUT2D eigenvalue weighted by Crippen LogP contribution is -3.00. The third kappa shape index (κ3) is 3.17. The topological polar surface area (TPSA) is 38.3 Å². The van der Waals surface area contributed by atoms with Crippen LogP contribution in [0.3, 0.4) is 0 Å². The van der Waals surface area contributed by atoms with E-state index in [1.165, 1.54) is 5.56 Å². The van der Waals surface area contributed by atoms with Gasteiger partial charge in [0.05, 0.1) is 32.2 Å². The summed E-state index contributed by atoms with van der Waals surface area (Å²) in [5, 5.41) is 3.21. The van der Waals surface area contributed by atoms with Gasteiger partial charge in [-0.25, -0.2) is 4.79 Å². The van der Waals surface area contributed by atoms with Crippen LogP contribution in [0.4, 0.5) is 4.79 Å². The van der Waals surface area contributed by atoms with Gasteiger partial charge in [-0.05, 0) is 24.8 Å². The first-order valence-corrected chi connectivity index (χ1v) is 8.94. The number of quaternary nitrogens is 1. The van der Waals surface area contributed by atoms with Crippen molar-refractivity contribution < 1.29 is 38.0 Å². The van der Waals surface area contributed by atoms with Gasteiger partial charge in [0.15, 0.2) is 0 Å². The molecular weight excluding hydrogens is 415 g/mol. The minimum absolute atomic E-state index is 0. The quantitative estimate of drug-likeness (QED) is 0.536. The Morgan fingerprint density at radius 1 is 1.04 bits per heavy atom. The molecule has 5 heteroatoms. The molecule has 3 aliphatic heterocycles. The fourth-order valence-corrected chi connectivity index (χ4v) is 4.48. The Kier molecular flexibility index (Phi) is 4.86.